The van der Waals surface area contributed by atoms with Crippen molar-refractivity contribution >= 4 is 30.6 Å². The fourth-order valence-electron chi connectivity index (χ4n) is 2.11. The number of allylic oxidation sites excluding steroid dienone is 2. The molecule has 20 heavy (non-hydrogen) atoms. The summed E-state index contributed by atoms with van der Waals surface area (Å²) in [6, 6.07) is 5.44. The fourth-order valence-corrected chi connectivity index (χ4v) is 3.17. The molecule has 108 valence electrons. The van der Waals surface area contributed by atoms with Crippen LogP contribution in [0.4, 0.5) is 0 Å². The summed E-state index contributed by atoms with van der Waals surface area (Å²) in [5.41, 5.74) is 0.785. The molecule has 0 saturated heterocycles. The standard InChI is InChI=1S/C14H16ClNO3S/c1-3-5-9-16-10-13(20(15,17)18)14-11(16)7-6-8-12(14)19-4-2/h3,5-8,10H,4,9H2,1-2H3/b5-3+. The number of halogens is 1. The Morgan fingerprint density at radius 2 is 2.15 bits per heavy atom. The van der Waals surface area contributed by atoms with Crippen LogP contribution in [0.15, 0.2) is 41.4 Å². The fraction of sp³-hybridized carbons (Fsp3) is 0.286. The normalized spacial score (nSPS) is 12.3. The van der Waals surface area contributed by atoms with Gasteiger partial charge in [-0.1, -0.05) is 18.2 Å². The van der Waals surface area contributed by atoms with Crippen molar-refractivity contribution in [1.29, 1.82) is 0 Å². The molecule has 0 saturated carbocycles. The number of benzene rings is 1. The lowest BCUT2D eigenvalue weighted by Crippen LogP contribution is -1.95. The second-order valence-electron chi connectivity index (χ2n) is 4.24. The van der Waals surface area contributed by atoms with Gasteiger partial charge in [0.1, 0.15) is 10.6 Å². The van der Waals surface area contributed by atoms with Crippen LogP contribution in [0.3, 0.4) is 0 Å². The van der Waals surface area contributed by atoms with Crippen molar-refractivity contribution in [3.8, 4) is 5.75 Å². The van der Waals surface area contributed by atoms with Gasteiger partial charge in [-0.25, -0.2) is 8.42 Å². The van der Waals surface area contributed by atoms with E-state index in [1.54, 1.807) is 12.3 Å². The Morgan fingerprint density at radius 3 is 2.75 bits per heavy atom. The average molecular weight is 314 g/mol. The molecular weight excluding hydrogens is 298 g/mol. The Kier molecular flexibility index (Phi) is 4.40. The quantitative estimate of drug-likeness (QED) is 0.626. The van der Waals surface area contributed by atoms with E-state index in [0.29, 0.717) is 24.3 Å². The third-order valence-corrected chi connectivity index (χ3v) is 4.27. The minimum Gasteiger partial charge on any atom is -0.493 e. The van der Waals surface area contributed by atoms with Gasteiger partial charge < -0.3 is 9.30 Å². The van der Waals surface area contributed by atoms with Crippen LogP contribution in [0.5, 0.6) is 5.75 Å². The number of aromatic nitrogens is 1. The molecule has 0 N–H and O–H groups in total. The SMILES string of the molecule is C/C=C/Cn1cc(S(=O)(=O)Cl)c2c(OCC)cccc21. The molecule has 2 aromatic rings. The number of nitrogens with zero attached hydrogens (tertiary/aromatic N) is 1. The largest absolute Gasteiger partial charge is 0.493 e. The average Bonchev–Trinajstić information content (AvgIpc) is 2.76. The zero-order valence-electron chi connectivity index (χ0n) is 11.3. The molecule has 0 aliphatic rings. The van der Waals surface area contributed by atoms with Crippen molar-refractivity contribution in [1.82, 2.24) is 4.57 Å². The lowest BCUT2D eigenvalue weighted by atomic mass is 10.2. The first kappa shape index (κ1) is 14.9. The van der Waals surface area contributed by atoms with Gasteiger partial charge in [0.15, 0.2) is 0 Å². The molecule has 6 heteroatoms. The van der Waals surface area contributed by atoms with Crippen LogP contribution < -0.4 is 4.74 Å². The minimum atomic E-state index is -3.83. The number of hydrogen-bond acceptors (Lipinski definition) is 3. The van der Waals surface area contributed by atoms with E-state index in [0.717, 1.165) is 5.52 Å². The Hall–Kier alpha value is -1.46. The molecule has 1 aromatic heterocycles. The summed E-state index contributed by atoms with van der Waals surface area (Å²) < 4.78 is 30.9. The van der Waals surface area contributed by atoms with Crippen LogP contribution in [0.2, 0.25) is 0 Å². The maximum Gasteiger partial charge on any atom is 0.263 e. The van der Waals surface area contributed by atoms with Crippen molar-refractivity contribution in [3.63, 3.8) is 0 Å². The smallest absolute Gasteiger partial charge is 0.263 e. The number of rotatable bonds is 5. The minimum absolute atomic E-state index is 0.0859. The molecule has 2 rings (SSSR count). The van der Waals surface area contributed by atoms with Crippen molar-refractivity contribution in [2.24, 2.45) is 0 Å². The molecule has 4 nitrogen and oxygen atoms in total. The molecule has 0 fully saturated rings. The highest BCUT2D eigenvalue weighted by Gasteiger charge is 2.21. The molecule has 0 aliphatic heterocycles. The van der Waals surface area contributed by atoms with Gasteiger partial charge >= 0.3 is 0 Å². The number of ether oxygens (including phenoxy) is 1. The van der Waals surface area contributed by atoms with Crippen LogP contribution in [-0.2, 0) is 15.6 Å². The first-order chi connectivity index (χ1) is 9.49. The van der Waals surface area contributed by atoms with E-state index in [2.05, 4.69) is 0 Å². The molecule has 0 radical (unpaired) electrons. The van der Waals surface area contributed by atoms with Gasteiger partial charge in [-0.2, -0.15) is 0 Å². The van der Waals surface area contributed by atoms with Gasteiger partial charge in [0, 0.05) is 23.4 Å². The van der Waals surface area contributed by atoms with Crippen molar-refractivity contribution in [3.05, 3.63) is 36.5 Å². The van der Waals surface area contributed by atoms with E-state index in [1.807, 2.05) is 42.7 Å². The molecule has 1 heterocycles. The lowest BCUT2D eigenvalue weighted by Gasteiger charge is -2.06. The zero-order valence-corrected chi connectivity index (χ0v) is 12.9. The second kappa shape index (κ2) is 5.89. The van der Waals surface area contributed by atoms with Gasteiger partial charge in [0.2, 0.25) is 0 Å². The molecule has 0 spiro atoms. The van der Waals surface area contributed by atoms with Crippen LogP contribution >= 0.6 is 10.7 Å². The van der Waals surface area contributed by atoms with E-state index >= 15 is 0 Å². The Balaban J connectivity index is 2.77. The van der Waals surface area contributed by atoms with Crippen molar-refractivity contribution in [2.75, 3.05) is 6.61 Å². The van der Waals surface area contributed by atoms with Crippen molar-refractivity contribution in [2.45, 2.75) is 25.3 Å². The number of hydrogen-bond donors (Lipinski definition) is 0. The summed E-state index contributed by atoms with van der Waals surface area (Å²) in [6.45, 7) is 4.80. The van der Waals surface area contributed by atoms with E-state index in [-0.39, 0.29) is 4.90 Å². The molecule has 0 bridgehead atoms. The summed E-state index contributed by atoms with van der Waals surface area (Å²) >= 11 is 0. The van der Waals surface area contributed by atoms with E-state index in [1.165, 1.54) is 0 Å². The summed E-state index contributed by atoms with van der Waals surface area (Å²) in [6.07, 6.45) is 5.40. The third kappa shape index (κ3) is 2.83. The van der Waals surface area contributed by atoms with Crippen LogP contribution in [0.1, 0.15) is 13.8 Å². The van der Waals surface area contributed by atoms with E-state index < -0.39 is 9.05 Å². The maximum atomic E-state index is 11.8. The predicted molar refractivity (Wildman–Crippen MR) is 81.0 cm³/mol. The van der Waals surface area contributed by atoms with E-state index in [4.69, 9.17) is 15.4 Å². The van der Waals surface area contributed by atoms with Gasteiger partial charge in [0.25, 0.3) is 9.05 Å². The molecular formula is C14H16ClNO3S. The van der Waals surface area contributed by atoms with Gasteiger partial charge in [0.05, 0.1) is 17.5 Å². The van der Waals surface area contributed by atoms with E-state index in [9.17, 15) is 8.42 Å². The lowest BCUT2D eigenvalue weighted by molar-refractivity contribution is 0.344. The summed E-state index contributed by atoms with van der Waals surface area (Å²) in [4.78, 5) is 0.0859. The predicted octanol–water partition coefficient (Wildman–Crippen LogP) is 3.54. The maximum absolute atomic E-state index is 11.8. The first-order valence-electron chi connectivity index (χ1n) is 6.29. The third-order valence-electron chi connectivity index (χ3n) is 2.93. The van der Waals surface area contributed by atoms with Crippen LogP contribution in [-0.4, -0.2) is 19.6 Å². The second-order valence-corrected chi connectivity index (χ2v) is 6.77. The summed E-state index contributed by atoms with van der Waals surface area (Å²) in [5.74, 6) is 0.531. The molecule has 1 aromatic carbocycles. The molecule has 0 aliphatic carbocycles. The topological polar surface area (TPSA) is 48.3 Å². The Labute approximate surface area is 123 Å². The first-order valence-corrected chi connectivity index (χ1v) is 8.60. The van der Waals surface area contributed by atoms with Crippen molar-refractivity contribution < 1.29 is 13.2 Å². The van der Waals surface area contributed by atoms with Gasteiger partial charge in [-0.3, -0.25) is 0 Å². The monoisotopic (exact) mass is 313 g/mol. The highest BCUT2D eigenvalue weighted by Crippen LogP contribution is 2.35. The van der Waals surface area contributed by atoms with Gasteiger partial charge in [-0.05, 0) is 26.0 Å². The zero-order chi connectivity index (χ0) is 14.8. The Morgan fingerprint density at radius 1 is 1.40 bits per heavy atom. The summed E-state index contributed by atoms with van der Waals surface area (Å²) in [5, 5.41) is 0.536. The number of fused-ring (bicyclic) bond motifs is 1. The van der Waals surface area contributed by atoms with Crippen LogP contribution in [0, 0.1) is 0 Å². The van der Waals surface area contributed by atoms with Crippen LogP contribution in [0.25, 0.3) is 10.9 Å². The highest BCUT2D eigenvalue weighted by molar-refractivity contribution is 8.14. The molecule has 0 unspecified atom stereocenters. The summed E-state index contributed by atoms with van der Waals surface area (Å²) in [7, 11) is 1.72. The molecule has 0 atom stereocenters. The Bertz CT molecular complexity index is 747. The van der Waals surface area contributed by atoms with Gasteiger partial charge in [-0.15, -0.1) is 0 Å². The highest BCUT2D eigenvalue weighted by atomic mass is 35.7. The molecule has 0 amide bonds.